The van der Waals surface area contributed by atoms with Crippen LogP contribution < -0.4 is 10.6 Å². The van der Waals surface area contributed by atoms with E-state index in [4.69, 9.17) is 17.0 Å². The van der Waals surface area contributed by atoms with Crippen molar-refractivity contribution in [2.75, 3.05) is 19.0 Å². The predicted octanol–water partition coefficient (Wildman–Crippen LogP) is 2.42. The molecule has 0 fully saturated rings. The van der Waals surface area contributed by atoms with Crippen LogP contribution in [0.1, 0.15) is 24.2 Å². The molecule has 0 amide bonds. The highest BCUT2D eigenvalue weighted by atomic mass is 32.1. The standard InChI is InChI=1S/C13H18N2O2S/c1-9(2)8-14-13(18)15-11-7-5-4-6-10(11)12(16)17-3/h4-7,9H,8H2,1-3H3,(H2,14,15,18). The van der Waals surface area contributed by atoms with Gasteiger partial charge in [0.1, 0.15) is 0 Å². The number of carbonyl (C=O) groups is 1. The fourth-order valence-corrected chi connectivity index (χ4v) is 1.54. The van der Waals surface area contributed by atoms with E-state index in [1.54, 1.807) is 18.2 Å². The van der Waals surface area contributed by atoms with Gasteiger partial charge in [0, 0.05) is 6.54 Å². The Morgan fingerprint density at radius 3 is 2.67 bits per heavy atom. The Morgan fingerprint density at radius 1 is 1.39 bits per heavy atom. The van der Waals surface area contributed by atoms with E-state index < -0.39 is 0 Å². The van der Waals surface area contributed by atoms with Gasteiger partial charge in [0.25, 0.3) is 0 Å². The fourth-order valence-electron chi connectivity index (χ4n) is 1.34. The Balaban J connectivity index is 2.72. The van der Waals surface area contributed by atoms with Gasteiger partial charge in [-0.3, -0.25) is 0 Å². The molecule has 0 radical (unpaired) electrons. The Labute approximate surface area is 113 Å². The third-order valence-electron chi connectivity index (χ3n) is 2.25. The van der Waals surface area contributed by atoms with E-state index >= 15 is 0 Å². The van der Waals surface area contributed by atoms with Gasteiger partial charge in [-0.1, -0.05) is 26.0 Å². The Hall–Kier alpha value is -1.62. The average Bonchev–Trinajstić information content (AvgIpc) is 2.36. The van der Waals surface area contributed by atoms with Gasteiger partial charge < -0.3 is 15.4 Å². The molecular formula is C13H18N2O2S. The molecule has 0 saturated heterocycles. The second-order valence-corrected chi connectivity index (χ2v) is 4.67. The minimum atomic E-state index is -0.384. The van der Waals surface area contributed by atoms with E-state index in [1.165, 1.54) is 7.11 Å². The van der Waals surface area contributed by atoms with Gasteiger partial charge in [-0.15, -0.1) is 0 Å². The minimum Gasteiger partial charge on any atom is -0.465 e. The maximum atomic E-state index is 11.6. The van der Waals surface area contributed by atoms with Crippen LogP contribution in [0.5, 0.6) is 0 Å². The van der Waals surface area contributed by atoms with Crippen LogP contribution in [0.25, 0.3) is 0 Å². The summed E-state index contributed by atoms with van der Waals surface area (Å²) in [5.74, 6) is 0.116. The van der Waals surface area contributed by atoms with Gasteiger partial charge in [-0.25, -0.2) is 4.79 Å². The first-order chi connectivity index (χ1) is 8.54. The van der Waals surface area contributed by atoms with E-state index in [-0.39, 0.29) is 5.97 Å². The summed E-state index contributed by atoms with van der Waals surface area (Å²) in [4.78, 5) is 11.6. The first-order valence-electron chi connectivity index (χ1n) is 5.76. The summed E-state index contributed by atoms with van der Waals surface area (Å²) < 4.78 is 4.71. The molecule has 1 rings (SSSR count). The summed E-state index contributed by atoms with van der Waals surface area (Å²) in [6.45, 7) is 4.97. The monoisotopic (exact) mass is 266 g/mol. The van der Waals surface area contributed by atoms with Crippen LogP contribution in [0.15, 0.2) is 24.3 Å². The number of hydrogen-bond acceptors (Lipinski definition) is 3. The normalized spacial score (nSPS) is 10.0. The van der Waals surface area contributed by atoms with E-state index in [1.807, 2.05) is 6.07 Å². The third-order valence-corrected chi connectivity index (χ3v) is 2.50. The lowest BCUT2D eigenvalue weighted by molar-refractivity contribution is 0.0602. The van der Waals surface area contributed by atoms with E-state index in [0.717, 1.165) is 6.54 Å². The number of rotatable bonds is 4. The maximum absolute atomic E-state index is 11.6. The van der Waals surface area contributed by atoms with Crippen molar-refractivity contribution < 1.29 is 9.53 Å². The number of methoxy groups -OCH3 is 1. The molecule has 0 saturated carbocycles. The molecule has 0 unspecified atom stereocenters. The summed E-state index contributed by atoms with van der Waals surface area (Å²) in [7, 11) is 1.36. The summed E-state index contributed by atoms with van der Waals surface area (Å²) >= 11 is 5.16. The van der Waals surface area contributed by atoms with Crippen LogP contribution in [0, 0.1) is 5.92 Å². The van der Waals surface area contributed by atoms with E-state index in [0.29, 0.717) is 22.3 Å². The highest BCUT2D eigenvalue weighted by molar-refractivity contribution is 7.80. The SMILES string of the molecule is COC(=O)c1ccccc1NC(=S)NCC(C)C. The zero-order chi connectivity index (χ0) is 13.5. The zero-order valence-corrected chi connectivity index (χ0v) is 11.6. The molecule has 98 valence electrons. The Kier molecular flexibility index (Phi) is 5.58. The van der Waals surface area contributed by atoms with Gasteiger partial charge >= 0.3 is 5.97 Å². The van der Waals surface area contributed by atoms with Crippen LogP contribution >= 0.6 is 12.2 Å². The number of carbonyl (C=O) groups excluding carboxylic acids is 1. The Morgan fingerprint density at radius 2 is 2.06 bits per heavy atom. The quantitative estimate of drug-likeness (QED) is 0.647. The van der Waals surface area contributed by atoms with Gasteiger partial charge in [-0.05, 0) is 30.3 Å². The largest absolute Gasteiger partial charge is 0.465 e. The van der Waals surface area contributed by atoms with Gasteiger partial charge in [0.15, 0.2) is 5.11 Å². The third kappa shape index (κ3) is 4.33. The predicted molar refractivity (Wildman–Crippen MR) is 76.8 cm³/mol. The lowest BCUT2D eigenvalue weighted by Crippen LogP contribution is -2.32. The molecule has 2 N–H and O–H groups in total. The summed E-state index contributed by atoms with van der Waals surface area (Å²) in [6, 6.07) is 7.09. The topological polar surface area (TPSA) is 50.4 Å². The van der Waals surface area contributed by atoms with E-state index in [9.17, 15) is 4.79 Å². The lowest BCUT2D eigenvalue weighted by Gasteiger charge is -2.14. The number of esters is 1. The highest BCUT2D eigenvalue weighted by Gasteiger charge is 2.11. The summed E-state index contributed by atoms with van der Waals surface area (Å²) in [5.41, 5.74) is 1.11. The molecular weight excluding hydrogens is 248 g/mol. The van der Waals surface area contributed by atoms with Gasteiger partial charge in [0.05, 0.1) is 18.4 Å². The minimum absolute atomic E-state index is 0.384. The molecule has 18 heavy (non-hydrogen) atoms. The van der Waals surface area contributed by atoms with Gasteiger partial charge in [-0.2, -0.15) is 0 Å². The van der Waals surface area contributed by atoms with Crippen LogP contribution in [-0.2, 0) is 4.74 Å². The van der Waals surface area contributed by atoms with Crippen molar-refractivity contribution in [3.63, 3.8) is 0 Å². The molecule has 0 aliphatic heterocycles. The first-order valence-corrected chi connectivity index (χ1v) is 6.17. The van der Waals surface area contributed by atoms with Crippen molar-refractivity contribution in [1.29, 1.82) is 0 Å². The first kappa shape index (κ1) is 14.4. The number of thiocarbonyl (C=S) groups is 1. The van der Waals surface area contributed by atoms with Crippen LogP contribution in [-0.4, -0.2) is 24.7 Å². The molecule has 0 aliphatic carbocycles. The molecule has 4 nitrogen and oxygen atoms in total. The highest BCUT2D eigenvalue weighted by Crippen LogP contribution is 2.15. The number of para-hydroxylation sites is 1. The van der Waals surface area contributed by atoms with Crippen molar-refractivity contribution in [1.82, 2.24) is 5.32 Å². The molecule has 0 aromatic heterocycles. The number of anilines is 1. The molecule has 0 bridgehead atoms. The molecule has 1 aromatic carbocycles. The molecule has 1 aromatic rings. The average molecular weight is 266 g/mol. The maximum Gasteiger partial charge on any atom is 0.339 e. The summed E-state index contributed by atoms with van der Waals surface area (Å²) in [6.07, 6.45) is 0. The summed E-state index contributed by atoms with van der Waals surface area (Å²) in [5, 5.41) is 6.58. The Bertz CT molecular complexity index is 433. The number of nitrogens with one attached hydrogen (secondary N) is 2. The molecule has 5 heteroatoms. The number of hydrogen-bond donors (Lipinski definition) is 2. The smallest absolute Gasteiger partial charge is 0.339 e. The van der Waals surface area contributed by atoms with Crippen molar-refractivity contribution >= 4 is 29.0 Å². The second-order valence-electron chi connectivity index (χ2n) is 4.27. The second kappa shape index (κ2) is 6.96. The van der Waals surface area contributed by atoms with Crippen LogP contribution in [0.3, 0.4) is 0 Å². The van der Waals surface area contributed by atoms with Crippen LogP contribution in [0.4, 0.5) is 5.69 Å². The molecule has 0 heterocycles. The zero-order valence-electron chi connectivity index (χ0n) is 10.8. The molecule has 0 aliphatic rings. The van der Waals surface area contributed by atoms with Crippen molar-refractivity contribution in [2.45, 2.75) is 13.8 Å². The van der Waals surface area contributed by atoms with Gasteiger partial charge in [0.2, 0.25) is 0 Å². The molecule has 0 spiro atoms. The van der Waals surface area contributed by atoms with Crippen molar-refractivity contribution in [3.05, 3.63) is 29.8 Å². The fraction of sp³-hybridized carbons (Fsp3) is 0.385. The van der Waals surface area contributed by atoms with Crippen molar-refractivity contribution in [3.8, 4) is 0 Å². The number of benzene rings is 1. The number of ether oxygens (including phenoxy) is 1. The van der Waals surface area contributed by atoms with Crippen molar-refractivity contribution in [2.24, 2.45) is 5.92 Å². The van der Waals surface area contributed by atoms with Crippen LogP contribution in [0.2, 0.25) is 0 Å². The lowest BCUT2D eigenvalue weighted by atomic mass is 10.2. The van der Waals surface area contributed by atoms with E-state index in [2.05, 4.69) is 24.5 Å². The molecule has 0 atom stereocenters.